The summed E-state index contributed by atoms with van der Waals surface area (Å²) in [4.78, 5) is 37.5. The Hall–Kier alpha value is -2.02. The summed E-state index contributed by atoms with van der Waals surface area (Å²) in [7, 11) is 0. The monoisotopic (exact) mass is 372 g/mol. The first-order valence-electron chi connectivity index (χ1n) is 10.1. The molecule has 3 fully saturated rings. The maximum Gasteiger partial charge on any atom is 0.257 e. The Morgan fingerprint density at radius 1 is 1.07 bits per heavy atom. The molecule has 1 aliphatic carbocycles. The minimum absolute atomic E-state index is 0.0966. The summed E-state index contributed by atoms with van der Waals surface area (Å²) in [6.45, 7) is 3.95. The van der Waals surface area contributed by atoms with Crippen molar-refractivity contribution in [3.8, 4) is 0 Å². The molecule has 27 heavy (non-hydrogen) atoms. The van der Waals surface area contributed by atoms with E-state index in [4.69, 9.17) is 0 Å². The number of carbonyl (C=O) groups is 2. The lowest BCUT2D eigenvalue weighted by molar-refractivity contribution is -0.148. The summed E-state index contributed by atoms with van der Waals surface area (Å²) in [6.07, 6.45) is 8.53. The third kappa shape index (κ3) is 3.57. The van der Waals surface area contributed by atoms with Crippen LogP contribution in [0.1, 0.15) is 54.7 Å². The van der Waals surface area contributed by atoms with E-state index in [1.807, 2.05) is 4.90 Å². The maximum absolute atomic E-state index is 12.8. The minimum atomic E-state index is -0.771. The van der Waals surface area contributed by atoms with Crippen LogP contribution in [-0.4, -0.2) is 68.5 Å². The summed E-state index contributed by atoms with van der Waals surface area (Å²) in [5.41, 5.74) is -0.298. The first kappa shape index (κ1) is 18.3. The van der Waals surface area contributed by atoms with Crippen LogP contribution in [0.2, 0.25) is 0 Å². The number of hydrogen-bond acceptors (Lipinski definition) is 5. The van der Waals surface area contributed by atoms with E-state index in [-0.39, 0.29) is 23.7 Å². The van der Waals surface area contributed by atoms with Crippen LogP contribution >= 0.6 is 0 Å². The molecule has 1 aromatic heterocycles. The van der Waals surface area contributed by atoms with Gasteiger partial charge in [0.05, 0.1) is 11.2 Å². The zero-order valence-electron chi connectivity index (χ0n) is 15.9. The van der Waals surface area contributed by atoms with Crippen LogP contribution in [0.5, 0.6) is 0 Å². The predicted octanol–water partition coefficient (Wildman–Crippen LogP) is 1.40. The quantitative estimate of drug-likeness (QED) is 0.848. The Labute approximate surface area is 159 Å². The predicted molar refractivity (Wildman–Crippen MR) is 98.9 cm³/mol. The van der Waals surface area contributed by atoms with Crippen LogP contribution in [-0.2, 0) is 4.79 Å². The molecule has 0 aromatic carbocycles. The van der Waals surface area contributed by atoms with E-state index < -0.39 is 5.60 Å². The minimum Gasteiger partial charge on any atom is -0.389 e. The molecule has 7 nitrogen and oxygen atoms in total. The second kappa shape index (κ2) is 7.19. The normalized spacial score (nSPS) is 28.9. The third-order valence-corrected chi connectivity index (χ3v) is 6.60. The molecule has 7 heteroatoms. The van der Waals surface area contributed by atoms with Gasteiger partial charge in [-0.1, -0.05) is 12.8 Å². The van der Waals surface area contributed by atoms with E-state index in [1.54, 1.807) is 24.2 Å². The number of amides is 2. The van der Waals surface area contributed by atoms with Crippen molar-refractivity contribution in [2.75, 3.05) is 26.2 Å². The van der Waals surface area contributed by atoms with Crippen LogP contribution in [0, 0.1) is 18.8 Å². The summed E-state index contributed by atoms with van der Waals surface area (Å²) in [6, 6.07) is 0. The van der Waals surface area contributed by atoms with Crippen molar-refractivity contribution in [1.29, 1.82) is 0 Å². The highest BCUT2D eigenvalue weighted by Gasteiger charge is 2.47. The third-order valence-electron chi connectivity index (χ3n) is 6.60. The van der Waals surface area contributed by atoms with E-state index in [9.17, 15) is 14.7 Å². The van der Waals surface area contributed by atoms with Gasteiger partial charge in [-0.05, 0) is 32.6 Å². The average Bonchev–Trinajstić information content (AvgIpc) is 3.21. The number of fused-ring (bicyclic) bond motifs is 1. The zero-order valence-corrected chi connectivity index (χ0v) is 15.9. The Balaban J connectivity index is 1.44. The molecule has 2 amide bonds. The van der Waals surface area contributed by atoms with Gasteiger partial charge in [0, 0.05) is 50.4 Å². The van der Waals surface area contributed by atoms with Crippen LogP contribution in [0.15, 0.2) is 12.4 Å². The number of aliphatic hydroxyl groups is 1. The van der Waals surface area contributed by atoms with Gasteiger partial charge in [0.1, 0.15) is 5.82 Å². The standard InChI is InChI=1S/C20H28N4O3/c1-14-21-10-16(11-22-14)19(26)24-9-7-20(27)6-8-23(12-17(20)13-24)18(25)15-4-2-3-5-15/h10-11,15,17,27H,2-9,12-13H2,1H3/t17-,20-/m0/s1. The van der Waals surface area contributed by atoms with Crippen LogP contribution < -0.4 is 0 Å². The number of rotatable bonds is 2. The molecule has 146 valence electrons. The number of carbonyl (C=O) groups excluding carboxylic acids is 2. The molecule has 0 bridgehead atoms. The lowest BCUT2D eigenvalue weighted by Gasteiger charge is -2.50. The number of likely N-dealkylation sites (tertiary alicyclic amines) is 2. The van der Waals surface area contributed by atoms with E-state index >= 15 is 0 Å². The van der Waals surface area contributed by atoms with Gasteiger partial charge in [-0.2, -0.15) is 0 Å². The van der Waals surface area contributed by atoms with Crippen molar-refractivity contribution in [2.24, 2.45) is 11.8 Å². The fraction of sp³-hybridized carbons (Fsp3) is 0.700. The van der Waals surface area contributed by atoms with Gasteiger partial charge in [-0.25, -0.2) is 9.97 Å². The molecular formula is C20H28N4O3. The van der Waals surface area contributed by atoms with E-state index in [2.05, 4.69) is 9.97 Å². The lowest BCUT2D eigenvalue weighted by atomic mass is 9.75. The van der Waals surface area contributed by atoms with Crippen LogP contribution in [0.3, 0.4) is 0 Å². The maximum atomic E-state index is 12.8. The van der Waals surface area contributed by atoms with Crippen LogP contribution in [0.4, 0.5) is 0 Å². The topological polar surface area (TPSA) is 86.6 Å². The molecule has 3 aliphatic rings. The van der Waals surface area contributed by atoms with Gasteiger partial charge < -0.3 is 14.9 Å². The van der Waals surface area contributed by atoms with Gasteiger partial charge in [0.2, 0.25) is 5.91 Å². The summed E-state index contributed by atoms with van der Waals surface area (Å²) in [5, 5.41) is 11.1. The van der Waals surface area contributed by atoms with Crippen molar-refractivity contribution in [3.63, 3.8) is 0 Å². The molecule has 1 N–H and O–H groups in total. The second-order valence-electron chi connectivity index (χ2n) is 8.34. The molecule has 0 spiro atoms. The van der Waals surface area contributed by atoms with Crippen molar-refractivity contribution >= 4 is 11.8 Å². The number of aromatic nitrogens is 2. The SMILES string of the molecule is Cc1ncc(C(=O)N2CC[C@@]3(O)CCN(C(=O)C4CCCC4)C[C@H]3C2)cn1. The summed E-state index contributed by atoms with van der Waals surface area (Å²) >= 11 is 0. The zero-order chi connectivity index (χ0) is 19.0. The van der Waals surface area contributed by atoms with Crippen molar-refractivity contribution in [1.82, 2.24) is 19.8 Å². The Morgan fingerprint density at radius 2 is 1.67 bits per heavy atom. The fourth-order valence-corrected chi connectivity index (χ4v) is 4.80. The highest BCUT2D eigenvalue weighted by atomic mass is 16.3. The molecule has 0 unspecified atom stereocenters. The molecule has 2 aliphatic heterocycles. The largest absolute Gasteiger partial charge is 0.389 e. The van der Waals surface area contributed by atoms with Gasteiger partial charge in [0.15, 0.2) is 0 Å². The van der Waals surface area contributed by atoms with Gasteiger partial charge in [-0.15, -0.1) is 0 Å². The number of aryl methyl sites for hydroxylation is 1. The number of piperidine rings is 2. The van der Waals surface area contributed by atoms with Crippen molar-refractivity contribution in [3.05, 3.63) is 23.8 Å². The Bertz CT molecular complexity index is 716. The molecule has 1 aromatic rings. The fourth-order valence-electron chi connectivity index (χ4n) is 4.80. The Kier molecular flexibility index (Phi) is 4.88. The highest BCUT2D eigenvalue weighted by molar-refractivity contribution is 5.93. The lowest BCUT2D eigenvalue weighted by Crippen LogP contribution is -2.61. The number of hydrogen-bond donors (Lipinski definition) is 1. The molecule has 1 saturated carbocycles. The first-order chi connectivity index (χ1) is 13.0. The van der Waals surface area contributed by atoms with Gasteiger partial charge in [-0.3, -0.25) is 9.59 Å². The molecule has 2 saturated heterocycles. The molecule has 4 rings (SSSR count). The molecule has 2 atom stereocenters. The highest BCUT2D eigenvalue weighted by Crippen LogP contribution is 2.37. The smallest absolute Gasteiger partial charge is 0.257 e. The molecule has 0 radical (unpaired) electrons. The van der Waals surface area contributed by atoms with E-state index in [1.165, 1.54) is 0 Å². The molecule has 3 heterocycles. The summed E-state index contributed by atoms with van der Waals surface area (Å²) in [5.74, 6) is 0.831. The van der Waals surface area contributed by atoms with Gasteiger partial charge >= 0.3 is 0 Å². The van der Waals surface area contributed by atoms with E-state index in [0.29, 0.717) is 50.4 Å². The average molecular weight is 372 g/mol. The van der Waals surface area contributed by atoms with Crippen molar-refractivity contribution in [2.45, 2.75) is 51.0 Å². The first-order valence-corrected chi connectivity index (χ1v) is 10.1. The second-order valence-corrected chi connectivity index (χ2v) is 8.34. The van der Waals surface area contributed by atoms with E-state index in [0.717, 1.165) is 25.7 Å². The van der Waals surface area contributed by atoms with Gasteiger partial charge in [0.25, 0.3) is 5.91 Å². The molecular weight excluding hydrogens is 344 g/mol. The summed E-state index contributed by atoms with van der Waals surface area (Å²) < 4.78 is 0. The van der Waals surface area contributed by atoms with Crippen molar-refractivity contribution < 1.29 is 14.7 Å². The Morgan fingerprint density at radius 3 is 2.33 bits per heavy atom. The van der Waals surface area contributed by atoms with Crippen LogP contribution in [0.25, 0.3) is 0 Å². The number of nitrogens with zero attached hydrogens (tertiary/aromatic N) is 4.